The van der Waals surface area contributed by atoms with Crippen molar-refractivity contribution in [1.82, 2.24) is 4.31 Å². The molecule has 0 spiro atoms. The molecule has 0 fully saturated rings. The maximum Gasteiger partial charge on any atom is 0.402 e. The van der Waals surface area contributed by atoms with Gasteiger partial charge >= 0.3 is 6.18 Å². The zero-order chi connectivity index (χ0) is 15.6. The molecule has 0 saturated carbocycles. The molecule has 0 aliphatic carbocycles. The second kappa shape index (κ2) is 5.98. The summed E-state index contributed by atoms with van der Waals surface area (Å²) < 4.78 is 61.8. The van der Waals surface area contributed by atoms with Gasteiger partial charge in [-0.2, -0.15) is 17.5 Å². The molecule has 3 N–H and O–H groups in total. The number of anilines is 1. The Morgan fingerprint density at radius 2 is 1.90 bits per heavy atom. The lowest BCUT2D eigenvalue weighted by molar-refractivity contribution is -0.136. The first-order valence-electron chi connectivity index (χ1n) is 5.61. The molecule has 20 heavy (non-hydrogen) atoms. The Hall–Kier alpha value is -1.32. The quantitative estimate of drug-likeness (QED) is 0.798. The van der Waals surface area contributed by atoms with Crippen LogP contribution in [0.4, 0.5) is 18.9 Å². The summed E-state index contributed by atoms with van der Waals surface area (Å²) in [6.45, 7) is -1.44. The van der Waals surface area contributed by atoms with Crippen LogP contribution in [0.2, 0.25) is 0 Å². The fourth-order valence-corrected chi connectivity index (χ4v) is 3.23. The lowest BCUT2D eigenvalue weighted by Gasteiger charge is -2.22. The van der Waals surface area contributed by atoms with E-state index in [2.05, 4.69) is 0 Å². The smallest absolute Gasteiger partial charge is 0.399 e. The van der Waals surface area contributed by atoms with Gasteiger partial charge in [0, 0.05) is 12.2 Å². The fraction of sp³-hybridized carbons (Fsp3) is 0.455. The molecule has 0 aliphatic heterocycles. The summed E-state index contributed by atoms with van der Waals surface area (Å²) in [5, 5.41) is 8.75. The Morgan fingerprint density at radius 1 is 1.30 bits per heavy atom. The molecule has 0 atom stereocenters. The largest absolute Gasteiger partial charge is 0.402 e. The van der Waals surface area contributed by atoms with Gasteiger partial charge in [0.25, 0.3) is 0 Å². The molecule has 0 amide bonds. The Bertz CT molecular complexity index is 553. The van der Waals surface area contributed by atoms with Crippen LogP contribution in [0.5, 0.6) is 0 Å². The van der Waals surface area contributed by atoms with Crippen molar-refractivity contribution in [2.75, 3.05) is 25.4 Å². The standard InChI is InChI=1S/C11H15F3N2O3S/c1-8-4-9(15)6-10(5-8)20(18,19)16(2-3-17)7-11(12,13)14/h4-6,17H,2-3,7,15H2,1H3. The van der Waals surface area contributed by atoms with Crippen molar-refractivity contribution in [2.24, 2.45) is 0 Å². The molecule has 1 aromatic carbocycles. The van der Waals surface area contributed by atoms with Crippen LogP contribution in [0.15, 0.2) is 23.1 Å². The molecule has 5 nitrogen and oxygen atoms in total. The van der Waals surface area contributed by atoms with Crippen LogP contribution >= 0.6 is 0 Å². The summed E-state index contributed by atoms with van der Waals surface area (Å²) >= 11 is 0. The average Bonchev–Trinajstić information content (AvgIpc) is 2.25. The number of rotatable bonds is 5. The van der Waals surface area contributed by atoms with Crippen molar-refractivity contribution in [2.45, 2.75) is 18.0 Å². The van der Waals surface area contributed by atoms with Crippen molar-refractivity contribution >= 4 is 15.7 Å². The highest BCUT2D eigenvalue weighted by atomic mass is 32.2. The third-order valence-electron chi connectivity index (χ3n) is 2.42. The summed E-state index contributed by atoms with van der Waals surface area (Å²) in [4.78, 5) is -0.326. The highest BCUT2D eigenvalue weighted by Gasteiger charge is 2.36. The SMILES string of the molecule is Cc1cc(N)cc(S(=O)(=O)N(CCO)CC(F)(F)F)c1. The van der Waals surface area contributed by atoms with Crippen molar-refractivity contribution < 1.29 is 26.7 Å². The van der Waals surface area contributed by atoms with Gasteiger partial charge in [0.05, 0.1) is 11.5 Å². The summed E-state index contributed by atoms with van der Waals surface area (Å²) in [5.41, 5.74) is 6.15. The molecule has 9 heteroatoms. The molecular weight excluding hydrogens is 297 g/mol. The minimum absolute atomic E-state index is 0.138. The molecule has 0 aromatic heterocycles. The Labute approximate surface area is 114 Å². The van der Waals surface area contributed by atoms with Gasteiger partial charge in [-0.3, -0.25) is 0 Å². The first-order chi connectivity index (χ1) is 9.06. The average molecular weight is 312 g/mol. The van der Waals surface area contributed by atoms with Gasteiger partial charge < -0.3 is 10.8 Å². The maximum absolute atomic E-state index is 12.4. The number of sulfonamides is 1. The van der Waals surface area contributed by atoms with E-state index >= 15 is 0 Å². The van der Waals surface area contributed by atoms with E-state index in [1.165, 1.54) is 12.1 Å². The van der Waals surface area contributed by atoms with E-state index in [0.717, 1.165) is 6.07 Å². The number of aryl methyl sites for hydroxylation is 1. The number of aliphatic hydroxyl groups is 1. The zero-order valence-corrected chi connectivity index (χ0v) is 11.5. The van der Waals surface area contributed by atoms with Crippen LogP contribution in [-0.2, 0) is 10.0 Å². The molecule has 114 valence electrons. The van der Waals surface area contributed by atoms with Crippen LogP contribution in [0.3, 0.4) is 0 Å². The lowest BCUT2D eigenvalue weighted by Crippen LogP contribution is -2.40. The van der Waals surface area contributed by atoms with Crippen LogP contribution in [0.25, 0.3) is 0 Å². The Balaban J connectivity index is 3.22. The van der Waals surface area contributed by atoms with Gasteiger partial charge in [-0.15, -0.1) is 0 Å². The van der Waals surface area contributed by atoms with Crippen molar-refractivity contribution in [3.63, 3.8) is 0 Å². The molecule has 0 heterocycles. The molecule has 0 bridgehead atoms. The van der Waals surface area contributed by atoms with Crippen LogP contribution in [0.1, 0.15) is 5.56 Å². The van der Waals surface area contributed by atoms with Crippen molar-refractivity contribution in [1.29, 1.82) is 0 Å². The van der Waals surface area contributed by atoms with Crippen LogP contribution in [-0.4, -0.2) is 43.7 Å². The van der Waals surface area contributed by atoms with E-state index in [-0.39, 0.29) is 14.9 Å². The topological polar surface area (TPSA) is 83.6 Å². The molecule has 0 radical (unpaired) electrons. The summed E-state index contributed by atoms with van der Waals surface area (Å²) in [5.74, 6) is 0. The van der Waals surface area contributed by atoms with Gasteiger partial charge in [-0.05, 0) is 30.7 Å². The second-order valence-corrected chi connectivity index (χ2v) is 6.19. The number of aliphatic hydroxyl groups excluding tert-OH is 1. The van der Waals surface area contributed by atoms with Gasteiger partial charge in [0.15, 0.2) is 0 Å². The summed E-state index contributed by atoms with van der Waals surface area (Å²) in [6.07, 6.45) is -4.70. The number of hydrogen-bond donors (Lipinski definition) is 2. The number of hydrogen-bond acceptors (Lipinski definition) is 4. The van der Waals surface area contributed by atoms with E-state index in [9.17, 15) is 21.6 Å². The van der Waals surface area contributed by atoms with E-state index < -0.39 is 35.9 Å². The zero-order valence-electron chi connectivity index (χ0n) is 10.7. The number of nitrogens with two attached hydrogens (primary N) is 1. The van der Waals surface area contributed by atoms with Gasteiger partial charge in [0.1, 0.15) is 6.54 Å². The van der Waals surface area contributed by atoms with Crippen LogP contribution < -0.4 is 5.73 Å². The normalized spacial score (nSPS) is 12.9. The summed E-state index contributed by atoms with van der Waals surface area (Å²) in [6, 6.07) is 3.81. The third-order valence-corrected chi connectivity index (χ3v) is 4.24. The van der Waals surface area contributed by atoms with Gasteiger partial charge in [-0.1, -0.05) is 0 Å². The lowest BCUT2D eigenvalue weighted by atomic mass is 10.2. The highest BCUT2D eigenvalue weighted by molar-refractivity contribution is 7.89. The second-order valence-electron chi connectivity index (χ2n) is 4.26. The minimum Gasteiger partial charge on any atom is -0.399 e. The maximum atomic E-state index is 12.4. The van der Waals surface area contributed by atoms with E-state index in [1.54, 1.807) is 6.92 Å². The fourth-order valence-electron chi connectivity index (χ4n) is 1.67. The Morgan fingerprint density at radius 3 is 2.35 bits per heavy atom. The minimum atomic E-state index is -4.70. The highest BCUT2D eigenvalue weighted by Crippen LogP contribution is 2.24. The van der Waals surface area contributed by atoms with Crippen molar-refractivity contribution in [3.8, 4) is 0 Å². The van der Waals surface area contributed by atoms with E-state index in [1.807, 2.05) is 0 Å². The molecular formula is C11H15F3N2O3S. The molecule has 0 aliphatic rings. The van der Waals surface area contributed by atoms with Gasteiger partial charge in [0.2, 0.25) is 10.0 Å². The Kier molecular flexibility index (Phi) is 5.00. The number of benzene rings is 1. The molecule has 0 unspecified atom stereocenters. The summed E-state index contributed by atoms with van der Waals surface area (Å²) in [7, 11) is -4.37. The molecule has 0 saturated heterocycles. The van der Waals surface area contributed by atoms with Gasteiger partial charge in [-0.25, -0.2) is 8.42 Å². The first kappa shape index (κ1) is 16.7. The first-order valence-corrected chi connectivity index (χ1v) is 7.05. The number of nitrogen functional groups attached to an aromatic ring is 1. The predicted octanol–water partition coefficient (Wildman–Crippen LogP) is 1.12. The molecule has 1 rings (SSSR count). The monoisotopic (exact) mass is 312 g/mol. The predicted molar refractivity (Wildman–Crippen MR) is 67.5 cm³/mol. The number of alkyl halides is 3. The van der Waals surface area contributed by atoms with E-state index in [4.69, 9.17) is 10.8 Å². The number of nitrogens with zero attached hydrogens (tertiary/aromatic N) is 1. The van der Waals surface area contributed by atoms with Crippen molar-refractivity contribution in [3.05, 3.63) is 23.8 Å². The molecule has 1 aromatic rings. The van der Waals surface area contributed by atoms with Crippen LogP contribution in [0, 0.1) is 6.92 Å². The third kappa shape index (κ3) is 4.36. The van der Waals surface area contributed by atoms with E-state index in [0.29, 0.717) is 5.56 Å². The number of halogens is 3.